The van der Waals surface area contributed by atoms with Gasteiger partial charge in [-0.25, -0.2) is 21.6 Å². The van der Waals surface area contributed by atoms with Crippen molar-refractivity contribution in [2.75, 3.05) is 13.2 Å². The first kappa shape index (κ1) is 22.5. The molecule has 0 amide bonds. The Morgan fingerprint density at radius 2 is 1.68 bits per heavy atom. The van der Waals surface area contributed by atoms with E-state index >= 15 is 0 Å². The maximum Gasteiger partial charge on any atom is 0.241 e. The summed E-state index contributed by atoms with van der Waals surface area (Å²) in [5.41, 5.74) is 1.57. The third-order valence-electron chi connectivity index (χ3n) is 6.81. The molecule has 0 atom stereocenters. The van der Waals surface area contributed by atoms with Crippen molar-refractivity contribution in [1.29, 1.82) is 0 Å². The zero-order chi connectivity index (χ0) is 22.4. The first-order valence-corrected chi connectivity index (χ1v) is 13.7. The van der Waals surface area contributed by atoms with E-state index < -0.39 is 25.3 Å². The largest absolute Gasteiger partial charge is 0.381 e. The summed E-state index contributed by atoms with van der Waals surface area (Å²) in [4.78, 5) is 0.408. The molecule has 0 aliphatic carbocycles. The number of sulfone groups is 1. The Balaban J connectivity index is 1.91. The number of rotatable bonds is 5. The van der Waals surface area contributed by atoms with Gasteiger partial charge in [-0.05, 0) is 61.4 Å². The molecule has 0 radical (unpaired) electrons. The molecule has 168 valence electrons. The molecule has 1 N–H and O–H groups in total. The van der Waals surface area contributed by atoms with Crippen LogP contribution >= 0.6 is 0 Å². The van der Waals surface area contributed by atoms with Gasteiger partial charge in [0.05, 0.1) is 14.7 Å². The van der Waals surface area contributed by atoms with Gasteiger partial charge >= 0.3 is 0 Å². The average Bonchev–Trinajstić information content (AvgIpc) is 2.75. The Bertz CT molecular complexity index is 1210. The summed E-state index contributed by atoms with van der Waals surface area (Å²) in [5.74, 6) is 0. The van der Waals surface area contributed by atoms with Crippen LogP contribution in [0, 0.1) is 6.92 Å². The summed E-state index contributed by atoms with van der Waals surface area (Å²) in [7, 11) is -7.71. The van der Waals surface area contributed by atoms with Crippen LogP contribution in [0.1, 0.15) is 56.2 Å². The van der Waals surface area contributed by atoms with Gasteiger partial charge in [-0.15, -0.1) is 0 Å². The molecule has 8 heteroatoms. The average molecular weight is 464 g/mol. The van der Waals surface area contributed by atoms with Gasteiger partial charge in [-0.1, -0.05) is 38.1 Å². The first-order valence-electron chi connectivity index (χ1n) is 10.8. The van der Waals surface area contributed by atoms with E-state index in [0.717, 1.165) is 18.4 Å². The summed E-state index contributed by atoms with van der Waals surface area (Å²) >= 11 is 0. The molecule has 1 fully saturated rings. The smallest absolute Gasteiger partial charge is 0.241 e. The minimum Gasteiger partial charge on any atom is -0.381 e. The van der Waals surface area contributed by atoms with Crippen LogP contribution in [-0.4, -0.2) is 36.1 Å². The lowest BCUT2D eigenvalue weighted by molar-refractivity contribution is 0.0832. The summed E-state index contributed by atoms with van der Waals surface area (Å²) in [6.45, 7) is 6.86. The van der Waals surface area contributed by atoms with Crippen LogP contribution in [0.15, 0.2) is 51.1 Å². The molecule has 1 saturated heterocycles. The lowest BCUT2D eigenvalue weighted by atomic mass is 9.70. The standard InChI is InChI=1S/C23H29NO5S2/c1-4-23(5-2)18-8-6-7-9-20(18)30(25,26)22-15-21(16(3)14-19(22)23)31(27,28)24-17-10-12-29-13-11-17/h6-9,14-15,17,24H,4-5,10-13H2,1-3H3. The van der Waals surface area contributed by atoms with E-state index in [2.05, 4.69) is 18.6 Å². The number of hydrogen-bond acceptors (Lipinski definition) is 5. The number of nitrogens with one attached hydrogen (secondary N) is 1. The third-order valence-corrected chi connectivity index (χ3v) is 10.3. The number of fused-ring (bicyclic) bond motifs is 2. The van der Waals surface area contributed by atoms with Gasteiger partial charge in [0.15, 0.2) is 0 Å². The minimum absolute atomic E-state index is 0.0294. The maximum atomic E-state index is 13.6. The van der Waals surface area contributed by atoms with Gasteiger partial charge in [0, 0.05) is 24.7 Å². The lowest BCUT2D eigenvalue weighted by Gasteiger charge is -2.40. The first-order chi connectivity index (χ1) is 14.7. The van der Waals surface area contributed by atoms with E-state index in [9.17, 15) is 16.8 Å². The van der Waals surface area contributed by atoms with Crippen LogP contribution in [-0.2, 0) is 30.0 Å². The Morgan fingerprint density at radius 1 is 1.03 bits per heavy atom. The summed E-state index contributed by atoms with van der Waals surface area (Å²) in [5, 5.41) is 0. The zero-order valence-corrected chi connectivity index (χ0v) is 19.8. The molecule has 0 spiro atoms. The molecule has 2 heterocycles. The lowest BCUT2D eigenvalue weighted by Crippen LogP contribution is -2.39. The van der Waals surface area contributed by atoms with Crippen molar-refractivity contribution in [3.05, 3.63) is 53.1 Å². The van der Waals surface area contributed by atoms with Gasteiger partial charge in [-0.2, -0.15) is 0 Å². The topological polar surface area (TPSA) is 89.5 Å². The van der Waals surface area contributed by atoms with Crippen molar-refractivity contribution in [2.24, 2.45) is 0 Å². The Labute approximate surface area is 185 Å². The van der Waals surface area contributed by atoms with Crippen LogP contribution in [0.25, 0.3) is 0 Å². The molecule has 6 nitrogen and oxygen atoms in total. The molecule has 0 bridgehead atoms. The number of aryl methyl sites for hydroxylation is 1. The van der Waals surface area contributed by atoms with E-state index in [1.807, 2.05) is 12.1 Å². The van der Waals surface area contributed by atoms with E-state index in [4.69, 9.17) is 4.74 Å². The number of sulfonamides is 1. The highest BCUT2D eigenvalue weighted by Crippen LogP contribution is 2.50. The normalized spacial score (nSPS) is 20.1. The van der Waals surface area contributed by atoms with Gasteiger partial charge in [0.2, 0.25) is 19.9 Å². The van der Waals surface area contributed by atoms with Gasteiger partial charge in [0.1, 0.15) is 0 Å². The summed E-state index contributed by atoms with van der Waals surface area (Å²) in [6, 6.07) is 10.0. The van der Waals surface area contributed by atoms with Gasteiger partial charge in [-0.3, -0.25) is 0 Å². The van der Waals surface area contributed by atoms with Crippen LogP contribution in [0.3, 0.4) is 0 Å². The van der Waals surface area contributed by atoms with E-state index in [-0.39, 0.29) is 20.7 Å². The summed E-state index contributed by atoms with van der Waals surface area (Å²) in [6.07, 6.45) is 2.64. The van der Waals surface area contributed by atoms with Gasteiger partial charge < -0.3 is 4.74 Å². The molecule has 31 heavy (non-hydrogen) atoms. The second-order valence-corrected chi connectivity index (χ2v) is 12.0. The molecule has 4 rings (SSSR count). The number of ether oxygens (including phenoxy) is 1. The fourth-order valence-electron chi connectivity index (χ4n) is 5.03. The molecular weight excluding hydrogens is 434 g/mol. The summed E-state index contributed by atoms with van der Waals surface area (Å²) < 4.78 is 61.6. The van der Waals surface area contributed by atoms with Crippen molar-refractivity contribution in [2.45, 2.75) is 72.6 Å². The predicted molar refractivity (Wildman–Crippen MR) is 119 cm³/mol. The molecule has 2 aliphatic heterocycles. The molecular formula is C23H29NO5S2. The zero-order valence-electron chi connectivity index (χ0n) is 18.1. The quantitative estimate of drug-likeness (QED) is 0.730. The highest BCUT2D eigenvalue weighted by Gasteiger charge is 2.45. The molecule has 2 aliphatic rings. The Kier molecular flexibility index (Phi) is 5.79. The van der Waals surface area contributed by atoms with Crippen LogP contribution in [0.2, 0.25) is 0 Å². The second kappa shape index (κ2) is 7.99. The monoisotopic (exact) mass is 463 g/mol. The molecule has 0 unspecified atom stereocenters. The second-order valence-electron chi connectivity index (χ2n) is 8.41. The Morgan fingerprint density at radius 3 is 2.32 bits per heavy atom. The Hall–Kier alpha value is -1.74. The highest BCUT2D eigenvalue weighted by molar-refractivity contribution is 7.92. The van der Waals surface area contributed by atoms with Crippen LogP contribution in [0.5, 0.6) is 0 Å². The van der Waals surface area contributed by atoms with Crippen molar-refractivity contribution >= 4 is 19.9 Å². The highest BCUT2D eigenvalue weighted by atomic mass is 32.2. The van der Waals surface area contributed by atoms with Crippen molar-refractivity contribution < 1.29 is 21.6 Å². The van der Waals surface area contributed by atoms with Crippen molar-refractivity contribution in [3.8, 4) is 0 Å². The number of benzene rings is 2. The predicted octanol–water partition coefficient (Wildman–Crippen LogP) is 3.70. The SMILES string of the molecule is CCC1(CC)c2ccccc2S(=O)(=O)c2cc(S(=O)(=O)NC3CCOCC3)c(C)cc21. The molecule has 2 aromatic carbocycles. The fraction of sp³-hybridized carbons (Fsp3) is 0.478. The fourth-order valence-corrected chi connectivity index (χ4v) is 8.52. The molecule has 0 saturated carbocycles. The van der Waals surface area contributed by atoms with Crippen molar-refractivity contribution in [1.82, 2.24) is 4.72 Å². The molecule has 0 aromatic heterocycles. The maximum absolute atomic E-state index is 13.6. The van der Waals surface area contributed by atoms with E-state index in [1.54, 1.807) is 25.1 Å². The number of hydrogen-bond donors (Lipinski definition) is 1. The van der Waals surface area contributed by atoms with Crippen LogP contribution in [0.4, 0.5) is 0 Å². The third kappa shape index (κ3) is 3.53. The van der Waals surface area contributed by atoms with Gasteiger partial charge in [0.25, 0.3) is 0 Å². The molecule has 2 aromatic rings. The van der Waals surface area contributed by atoms with E-state index in [1.165, 1.54) is 6.07 Å². The van der Waals surface area contributed by atoms with Crippen molar-refractivity contribution in [3.63, 3.8) is 0 Å². The minimum atomic E-state index is -3.87. The van der Waals surface area contributed by atoms with E-state index in [0.29, 0.717) is 37.2 Å². The van der Waals surface area contributed by atoms with Crippen LogP contribution < -0.4 is 4.72 Å².